The highest BCUT2D eigenvalue weighted by atomic mass is 16.4. The van der Waals surface area contributed by atoms with Gasteiger partial charge in [0.05, 0.1) is 5.52 Å². The number of fused-ring (bicyclic) bond motifs is 1. The first kappa shape index (κ1) is 8.74. The van der Waals surface area contributed by atoms with Gasteiger partial charge in [-0.3, -0.25) is 4.68 Å². The zero-order valence-corrected chi connectivity index (χ0v) is 7.98. The Hall–Kier alpha value is -1.84. The third-order valence-electron chi connectivity index (χ3n) is 2.27. The lowest BCUT2D eigenvalue weighted by Gasteiger charge is -1.97. The topological polar surface area (TPSA) is 55.1 Å². The van der Waals surface area contributed by atoms with Crippen molar-refractivity contribution in [2.75, 3.05) is 0 Å². The molecule has 0 amide bonds. The SMILES string of the molecule is Cc1cccc2c(C(=O)O)nn(C)c12. The average molecular weight is 190 g/mol. The molecule has 0 unspecified atom stereocenters. The Morgan fingerprint density at radius 1 is 1.50 bits per heavy atom. The van der Waals surface area contributed by atoms with Crippen molar-refractivity contribution in [2.45, 2.75) is 6.92 Å². The lowest BCUT2D eigenvalue weighted by molar-refractivity contribution is 0.0691. The Labute approximate surface area is 80.8 Å². The van der Waals surface area contributed by atoms with E-state index in [0.29, 0.717) is 5.39 Å². The Kier molecular flexibility index (Phi) is 1.77. The number of aromatic nitrogens is 2. The molecule has 0 radical (unpaired) electrons. The Balaban J connectivity index is 2.91. The van der Waals surface area contributed by atoms with Gasteiger partial charge in [-0.2, -0.15) is 5.10 Å². The third kappa shape index (κ3) is 1.08. The molecule has 1 N–H and O–H groups in total. The average Bonchev–Trinajstić information content (AvgIpc) is 2.45. The van der Waals surface area contributed by atoms with Crippen LogP contribution in [0, 0.1) is 6.92 Å². The minimum absolute atomic E-state index is 0.117. The molecule has 0 saturated heterocycles. The van der Waals surface area contributed by atoms with Crippen molar-refractivity contribution in [1.29, 1.82) is 0 Å². The first-order valence-electron chi connectivity index (χ1n) is 4.27. The van der Waals surface area contributed by atoms with Crippen LogP contribution in [0.15, 0.2) is 18.2 Å². The zero-order chi connectivity index (χ0) is 10.3. The summed E-state index contributed by atoms with van der Waals surface area (Å²) >= 11 is 0. The summed E-state index contributed by atoms with van der Waals surface area (Å²) in [6.45, 7) is 1.94. The van der Waals surface area contributed by atoms with Crippen LogP contribution in [0.25, 0.3) is 10.9 Å². The van der Waals surface area contributed by atoms with Crippen LogP contribution >= 0.6 is 0 Å². The number of hydrogen-bond acceptors (Lipinski definition) is 2. The van der Waals surface area contributed by atoms with Crippen LogP contribution in [0.5, 0.6) is 0 Å². The number of aromatic carboxylic acids is 1. The van der Waals surface area contributed by atoms with Gasteiger partial charge in [-0.05, 0) is 12.5 Å². The van der Waals surface area contributed by atoms with E-state index in [9.17, 15) is 4.79 Å². The van der Waals surface area contributed by atoms with Gasteiger partial charge in [0.2, 0.25) is 0 Å². The summed E-state index contributed by atoms with van der Waals surface area (Å²) in [6, 6.07) is 5.56. The second-order valence-electron chi connectivity index (χ2n) is 3.25. The normalized spacial score (nSPS) is 10.7. The molecule has 1 aromatic carbocycles. The molecule has 0 aliphatic carbocycles. The highest BCUT2D eigenvalue weighted by molar-refractivity contribution is 6.01. The fourth-order valence-corrected chi connectivity index (χ4v) is 1.69. The van der Waals surface area contributed by atoms with Crippen molar-refractivity contribution in [3.63, 3.8) is 0 Å². The van der Waals surface area contributed by atoms with Gasteiger partial charge in [0.15, 0.2) is 5.69 Å². The molecule has 0 aliphatic rings. The summed E-state index contributed by atoms with van der Waals surface area (Å²) in [4.78, 5) is 10.9. The molecule has 0 bridgehead atoms. The van der Waals surface area contributed by atoms with Crippen LogP contribution < -0.4 is 0 Å². The number of nitrogens with zero attached hydrogens (tertiary/aromatic N) is 2. The van der Waals surface area contributed by atoms with E-state index < -0.39 is 5.97 Å². The van der Waals surface area contributed by atoms with Gasteiger partial charge in [-0.25, -0.2) is 4.79 Å². The van der Waals surface area contributed by atoms with Crippen molar-refractivity contribution >= 4 is 16.9 Å². The molecule has 0 saturated carbocycles. The third-order valence-corrected chi connectivity index (χ3v) is 2.27. The van der Waals surface area contributed by atoms with Crippen LogP contribution in [0.4, 0.5) is 0 Å². The fraction of sp³-hybridized carbons (Fsp3) is 0.200. The molecule has 1 heterocycles. The van der Waals surface area contributed by atoms with Crippen LogP contribution in [-0.4, -0.2) is 20.9 Å². The summed E-state index contributed by atoms with van der Waals surface area (Å²) in [7, 11) is 1.75. The van der Waals surface area contributed by atoms with Crippen LogP contribution in [0.1, 0.15) is 16.1 Å². The van der Waals surface area contributed by atoms with Gasteiger partial charge in [-0.15, -0.1) is 0 Å². The lowest BCUT2D eigenvalue weighted by atomic mass is 10.1. The minimum Gasteiger partial charge on any atom is -0.476 e. The van der Waals surface area contributed by atoms with E-state index in [2.05, 4.69) is 5.10 Å². The molecule has 0 aliphatic heterocycles. The summed E-state index contributed by atoms with van der Waals surface area (Å²) in [6.07, 6.45) is 0. The molecule has 4 heteroatoms. The molecule has 0 fully saturated rings. The summed E-state index contributed by atoms with van der Waals surface area (Å²) in [5, 5.41) is 13.6. The van der Waals surface area contributed by atoms with Gasteiger partial charge < -0.3 is 5.11 Å². The number of carboxylic acids is 1. The highest BCUT2D eigenvalue weighted by Gasteiger charge is 2.15. The summed E-state index contributed by atoms with van der Waals surface area (Å²) < 4.78 is 1.61. The lowest BCUT2D eigenvalue weighted by Crippen LogP contribution is -1.99. The van der Waals surface area contributed by atoms with Crippen molar-refractivity contribution in [3.05, 3.63) is 29.5 Å². The predicted octanol–water partition coefficient (Wildman–Crippen LogP) is 1.58. The number of para-hydroxylation sites is 1. The first-order chi connectivity index (χ1) is 6.61. The van der Waals surface area contributed by atoms with E-state index in [1.807, 2.05) is 19.1 Å². The standard InChI is InChI=1S/C10H10N2O2/c1-6-4-3-5-7-8(10(13)14)11-12(2)9(6)7/h3-5H,1-2H3,(H,13,14). The highest BCUT2D eigenvalue weighted by Crippen LogP contribution is 2.20. The number of benzene rings is 1. The zero-order valence-electron chi connectivity index (χ0n) is 7.98. The smallest absolute Gasteiger partial charge is 0.357 e. The van der Waals surface area contributed by atoms with E-state index in [1.165, 1.54) is 0 Å². The Morgan fingerprint density at radius 2 is 2.21 bits per heavy atom. The maximum atomic E-state index is 10.9. The van der Waals surface area contributed by atoms with E-state index >= 15 is 0 Å². The van der Waals surface area contributed by atoms with Gasteiger partial charge in [0.25, 0.3) is 0 Å². The van der Waals surface area contributed by atoms with Crippen LogP contribution in [0.3, 0.4) is 0 Å². The molecule has 0 atom stereocenters. The van der Waals surface area contributed by atoms with Crippen molar-refractivity contribution in [3.8, 4) is 0 Å². The van der Waals surface area contributed by atoms with Crippen molar-refractivity contribution < 1.29 is 9.90 Å². The second kappa shape index (κ2) is 2.83. The molecule has 2 aromatic rings. The molecular weight excluding hydrogens is 180 g/mol. The number of hydrogen-bond donors (Lipinski definition) is 1. The number of aryl methyl sites for hydroxylation is 2. The quantitative estimate of drug-likeness (QED) is 0.742. The number of carbonyl (C=O) groups is 1. The predicted molar refractivity (Wildman–Crippen MR) is 52.4 cm³/mol. The van der Waals surface area contributed by atoms with Gasteiger partial charge in [0, 0.05) is 12.4 Å². The maximum absolute atomic E-state index is 10.9. The maximum Gasteiger partial charge on any atom is 0.357 e. The van der Waals surface area contributed by atoms with Crippen molar-refractivity contribution in [1.82, 2.24) is 9.78 Å². The fourth-order valence-electron chi connectivity index (χ4n) is 1.69. The number of rotatable bonds is 1. The van der Waals surface area contributed by atoms with Crippen LogP contribution in [-0.2, 0) is 7.05 Å². The first-order valence-corrected chi connectivity index (χ1v) is 4.27. The van der Waals surface area contributed by atoms with E-state index in [-0.39, 0.29) is 5.69 Å². The van der Waals surface area contributed by atoms with Crippen LogP contribution in [0.2, 0.25) is 0 Å². The monoisotopic (exact) mass is 190 g/mol. The largest absolute Gasteiger partial charge is 0.476 e. The summed E-state index contributed by atoms with van der Waals surface area (Å²) in [5.41, 5.74) is 2.03. The van der Waals surface area contributed by atoms with E-state index in [1.54, 1.807) is 17.8 Å². The minimum atomic E-state index is -0.985. The molecule has 72 valence electrons. The molecule has 1 aromatic heterocycles. The number of carboxylic acid groups (broad SMARTS) is 1. The van der Waals surface area contributed by atoms with Gasteiger partial charge in [0.1, 0.15) is 0 Å². The van der Waals surface area contributed by atoms with Gasteiger partial charge >= 0.3 is 5.97 Å². The van der Waals surface area contributed by atoms with E-state index in [4.69, 9.17) is 5.11 Å². The molecule has 2 rings (SSSR count). The second-order valence-corrected chi connectivity index (χ2v) is 3.25. The Morgan fingerprint density at radius 3 is 2.86 bits per heavy atom. The molecular formula is C10H10N2O2. The van der Waals surface area contributed by atoms with Gasteiger partial charge in [-0.1, -0.05) is 18.2 Å². The van der Waals surface area contributed by atoms with E-state index in [0.717, 1.165) is 11.1 Å². The van der Waals surface area contributed by atoms with Crippen molar-refractivity contribution in [2.24, 2.45) is 7.05 Å². The summed E-state index contributed by atoms with van der Waals surface area (Å²) in [5.74, 6) is -0.985. The molecule has 0 spiro atoms. The Bertz CT molecular complexity index is 514. The molecule has 4 nitrogen and oxygen atoms in total. The molecule has 14 heavy (non-hydrogen) atoms.